The minimum atomic E-state index is 0.109. The van der Waals surface area contributed by atoms with Gasteiger partial charge in [0.25, 0.3) is 0 Å². The Hall–Kier alpha value is -1.40. The van der Waals surface area contributed by atoms with E-state index in [1.54, 1.807) is 7.11 Å². The van der Waals surface area contributed by atoms with Crippen LogP contribution in [-0.4, -0.2) is 54.5 Å². The molecule has 0 bridgehead atoms. The molecule has 1 atom stereocenters. The molecule has 6 heteroatoms. The molecule has 1 aliphatic rings. The lowest BCUT2D eigenvalue weighted by molar-refractivity contribution is 0.300. The maximum absolute atomic E-state index is 9.23. The van der Waals surface area contributed by atoms with Crippen molar-refractivity contribution < 1.29 is 9.84 Å². The second kappa shape index (κ2) is 6.68. The molecular formula is C13H22N4O2. The topological polar surface area (TPSA) is 70.5 Å². The minimum Gasteiger partial charge on any atom is -0.481 e. The van der Waals surface area contributed by atoms with E-state index in [0.29, 0.717) is 24.3 Å². The molecule has 0 aromatic carbocycles. The van der Waals surface area contributed by atoms with Crippen LogP contribution in [0.4, 0.5) is 5.82 Å². The number of nitrogens with zero attached hydrogens (tertiary/aromatic N) is 3. The predicted molar refractivity (Wildman–Crippen MR) is 73.6 cm³/mol. The summed E-state index contributed by atoms with van der Waals surface area (Å²) in [4.78, 5) is 10.7. The first-order valence-corrected chi connectivity index (χ1v) is 6.72. The summed E-state index contributed by atoms with van der Waals surface area (Å²) in [6.07, 6.45) is 2.38. The monoisotopic (exact) mass is 266 g/mol. The third kappa shape index (κ3) is 3.78. The number of rotatable bonds is 6. The summed E-state index contributed by atoms with van der Waals surface area (Å²) < 4.78 is 5.18. The van der Waals surface area contributed by atoms with Gasteiger partial charge in [-0.25, -0.2) is 4.98 Å². The van der Waals surface area contributed by atoms with Gasteiger partial charge < -0.3 is 20.1 Å². The molecule has 6 nitrogen and oxygen atoms in total. The Morgan fingerprint density at radius 1 is 1.53 bits per heavy atom. The standard InChI is InChI=1S/C13H22N4O2/c1-10-15-12(8-13(16-10)19-2)17(6-7-18)9-11-4-3-5-14-11/h8,11,14,18H,3-7,9H2,1-2H3. The highest BCUT2D eigenvalue weighted by atomic mass is 16.5. The second-order valence-corrected chi connectivity index (χ2v) is 4.78. The van der Waals surface area contributed by atoms with Crippen molar-refractivity contribution >= 4 is 5.82 Å². The van der Waals surface area contributed by atoms with Gasteiger partial charge in [0.2, 0.25) is 5.88 Å². The summed E-state index contributed by atoms with van der Waals surface area (Å²) in [5.74, 6) is 2.05. The first kappa shape index (κ1) is 14.0. The molecule has 106 valence electrons. The van der Waals surface area contributed by atoms with Crippen molar-refractivity contribution in [2.75, 3.05) is 38.3 Å². The van der Waals surface area contributed by atoms with Crippen LogP contribution in [0.2, 0.25) is 0 Å². The molecule has 0 radical (unpaired) electrons. The third-order valence-electron chi connectivity index (χ3n) is 3.31. The molecule has 1 aliphatic heterocycles. The minimum absolute atomic E-state index is 0.109. The van der Waals surface area contributed by atoms with E-state index in [1.165, 1.54) is 12.8 Å². The molecule has 1 aromatic rings. The lowest BCUT2D eigenvalue weighted by Crippen LogP contribution is -2.39. The highest BCUT2D eigenvalue weighted by molar-refractivity contribution is 5.42. The molecule has 0 aliphatic carbocycles. The summed E-state index contributed by atoms with van der Waals surface area (Å²) in [5.41, 5.74) is 0. The lowest BCUT2D eigenvalue weighted by Gasteiger charge is -2.26. The average molecular weight is 266 g/mol. The first-order chi connectivity index (χ1) is 9.22. The highest BCUT2D eigenvalue weighted by Crippen LogP contribution is 2.18. The van der Waals surface area contributed by atoms with Crippen LogP contribution in [0.1, 0.15) is 18.7 Å². The van der Waals surface area contributed by atoms with Crippen LogP contribution in [0.3, 0.4) is 0 Å². The van der Waals surface area contributed by atoms with Crippen LogP contribution in [0.15, 0.2) is 6.07 Å². The highest BCUT2D eigenvalue weighted by Gasteiger charge is 2.19. The predicted octanol–water partition coefficient (Wildman–Crippen LogP) is 0.344. The van der Waals surface area contributed by atoms with Gasteiger partial charge in [0, 0.05) is 25.2 Å². The van der Waals surface area contributed by atoms with Crippen molar-refractivity contribution in [3.05, 3.63) is 11.9 Å². The maximum atomic E-state index is 9.23. The molecule has 1 saturated heterocycles. The number of hydrogen-bond acceptors (Lipinski definition) is 6. The van der Waals surface area contributed by atoms with E-state index in [2.05, 4.69) is 20.2 Å². The molecule has 0 saturated carbocycles. The average Bonchev–Trinajstić information content (AvgIpc) is 2.90. The second-order valence-electron chi connectivity index (χ2n) is 4.78. The van der Waals surface area contributed by atoms with Crippen molar-refractivity contribution in [2.45, 2.75) is 25.8 Å². The Bertz CT molecular complexity index is 408. The van der Waals surface area contributed by atoms with Crippen LogP contribution < -0.4 is 15.0 Å². The third-order valence-corrected chi connectivity index (χ3v) is 3.31. The fourth-order valence-electron chi connectivity index (χ4n) is 2.39. The molecule has 1 unspecified atom stereocenters. The largest absolute Gasteiger partial charge is 0.481 e. The van der Waals surface area contributed by atoms with Crippen molar-refractivity contribution in [1.82, 2.24) is 15.3 Å². The maximum Gasteiger partial charge on any atom is 0.218 e. The number of aliphatic hydroxyl groups excluding tert-OH is 1. The van der Waals surface area contributed by atoms with Gasteiger partial charge in [-0.15, -0.1) is 0 Å². The molecule has 2 rings (SSSR count). The molecule has 2 heterocycles. The van der Waals surface area contributed by atoms with Gasteiger partial charge in [-0.3, -0.25) is 0 Å². The SMILES string of the molecule is COc1cc(N(CCO)CC2CCCN2)nc(C)n1. The van der Waals surface area contributed by atoms with Gasteiger partial charge in [-0.1, -0.05) is 0 Å². The number of hydrogen-bond donors (Lipinski definition) is 2. The fraction of sp³-hybridized carbons (Fsp3) is 0.692. The van der Waals surface area contributed by atoms with E-state index in [9.17, 15) is 5.11 Å². The molecule has 1 fully saturated rings. The summed E-state index contributed by atoms with van der Waals surface area (Å²) in [6.45, 7) is 4.44. The smallest absolute Gasteiger partial charge is 0.218 e. The van der Waals surface area contributed by atoms with E-state index in [1.807, 2.05) is 13.0 Å². The van der Waals surface area contributed by atoms with Crippen molar-refractivity contribution in [3.63, 3.8) is 0 Å². The summed E-state index contributed by atoms with van der Waals surface area (Å²) in [5, 5.41) is 12.7. The van der Waals surface area contributed by atoms with Crippen LogP contribution in [0.5, 0.6) is 5.88 Å². The van der Waals surface area contributed by atoms with Crippen molar-refractivity contribution in [2.24, 2.45) is 0 Å². The van der Waals surface area contributed by atoms with E-state index < -0.39 is 0 Å². The molecular weight excluding hydrogens is 244 g/mol. The van der Waals surface area contributed by atoms with E-state index in [-0.39, 0.29) is 6.61 Å². The zero-order valence-corrected chi connectivity index (χ0v) is 11.6. The quantitative estimate of drug-likeness (QED) is 0.774. The number of nitrogens with one attached hydrogen (secondary N) is 1. The Kier molecular flexibility index (Phi) is 4.93. The van der Waals surface area contributed by atoms with Gasteiger partial charge in [-0.05, 0) is 26.3 Å². The molecule has 1 aromatic heterocycles. The lowest BCUT2D eigenvalue weighted by atomic mass is 10.2. The van der Waals surface area contributed by atoms with E-state index in [4.69, 9.17) is 4.74 Å². The Balaban J connectivity index is 2.14. The summed E-state index contributed by atoms with van der Waals surface area (Å²) >= 11 is 0. The number of aromatic nitrogens is 2. The van der Waals surface area contributed by atoms with Gasteiger partial charge >= 0.3 is 0 Å². The zero-order chi connectivity index (χ0) is 13.7. The Morgan fingerprint density at radius 2 is 2.37 bits per heavy atom. The number of methoxy groups -OCH3 is 1. The van der Waals surface area contributed by atoms with Crippen LogP contribution in [0, 0.1) is 6.92 Å². The summed E-state index contributed by atoms with van der Waals surface area (Å²) in [6, 6.07) is 2.28. The first-order valence-electron chi connectivity index (χ1n) is 6.72. The zero-order valence-electron chi connectivity index (χ0n) is 11.6. The number of aliphatic hydroxyl groups is 1. The van der Waals surface area contributed by atoms with Gasteiger partial charge in [0.1, 0.15) is 11.6 Å². The Morgan fingerprint density at radius 3 is 3.00 bits per heavy atom. The van der Waals surface area contributed by atoms with Crippen LogP contribution in [-0.2, 0) is 0 Å². The van der Waals surface area contributed by atoms with Crippen molar-refractivity contribution in [3.8, 4) is 5.88 Å². The van der Waals surface area contributed by atoms with E-state index >= 15 is 0 Å². The number of aryl methyl sites for hydroxylation is 1. The van der Waals surface area contributed by atoms with Gasteiger partial charge in [-0.2, -0.15) is 4.98 Å². The fourth-order valence-corrected chi connectivity index (χ4v) is 2.39. The Labute approximate surface area is 113 Å². The number of ether oxygens (including phenoxy) is 1. The van der Waals surface area contributed by atoms with Crippen LogP contribution in [0.25, 0.3) is 0 Å². The molecule has 2 N–H and O–H groups in total. The van der Waals surface area contributed by atoms with Crippen LogP contribution >= 0.6 is 0 Å². The van der Waals surface area contributed by atoms with E-state index in [0.717, 1.165) is 18.9 Å². The van der Waals surface area contributed by atoms with Gasteiger partial charge in [0.15, 0.2) is 0 Å². The molecule has 0 amide bonds. The normalized spacial score (nSPS) is 18.6. The molecule has 0 spiro atoms. The molecule has 19 heavy (non-hydrogen) atoms. The number of anilines is 1. The van der Waals surface area contributed by atoms with Gasteiger partial charge in [0.05, 0.1) is 13.7 Å². The summed E-state index contributed by atoms with van der Waals surface area (Å²) in [7, 11) is 1.60. The van der Waals surface area contributed by atoms with Crippen molar-refractivity contribution in [1.29, 1.82) is 0 Å².